The van der Waals surface area contributed by atoms with Crippen LogP contribution in [0.2, 0.25) is 5.02 Å². The van der Waals surface area contributed by atoms with Gasteiger partial charge in [0.25, 0.3) is 5.56 Å². The van der Waals surface area contributed by atoms with Gasteiger partial charge in [0.2, 0.25) is 0 Å². The van der Waals surface area contributed by atoms with Gasteiger partial charge < -0.3 is 15.8 Å². The van der Waals surface area contributed by atoms with Gasteiger partial charge in [-0.1, -0.05) is 25.4 Å². The Labute approximate surface area is 130 Å². The van der Waals surface area contributed by atoms with Gasteiger partial charge in [0.15, 0.2) is 0 Å². The largest absolute Gasteiger partial charge is 0.383 e. The van der Waals surface area contributed by atoms with Crippen molar-refractivity contribution in [1.82, 2.24) is 9.78 Å². The summed E-state index contributed by atoms with van der Waals surface area (Å²) in [7, 11) is 1.57. The van der Waals surface area contributed by atoms with Crippen LogP contribution in [0, 0.1) is 5.92 Å². The summed E-state index contributed by atoms with van der Waals surface area (Å²) in [6, 6.07) is 0. The molecule has 1 heterocycles. The van der Waals surface area contributed by atoms with Crippen molar-refractivity contribution in [3.63, 3.8) is 0 Å². The van der Waals surface area contributed by atoms with Crippen molar-refractivity contribution in [3.05, 3.63) is 21.6 Å². The van der Waals surface area contributed by atoms with E-state index in [2.05, 4.69) is 24.3 Å². The molecule has 0 aliphatic heterocycles. The van der Waals surface area contributed by atoms with Gasteiger partial charge in [-0.2, -0.15) is 5.10 Å². The average Bonchev–Trinajstić information content (AvgIpc) is 2.42. The normalized spacial score (nSPS) is 14.2. The Morgan fingerprint density at radius 2 is 2.24 bits per heavy atom. The maximum Gasteiger partial charge on any atom is 0.287 e. The maximum atomic E-state index is 12.1. The first kappa shape index (κ1) is 17.9. The van der Waals surface area contributed by atoms with Crippen molar-refractivity contribution < 1.29 is 4.74 Å². The molecule has 0 aliphatic rings. The smallest absolute Gasteiger partial charge is 0.287 e. The van der Waals surface area contributed by atoms with E-state index in [1.54, 1.807) is 13.3 Å². The van der Waals surface area contributed by atoms with Crippen molar-refractivity contribution in [2.75, 3.05) is 25.6 Å². The molecule has 1 atom stereocenters. The molecule has 1 unspecified atom stereocenters. The Bertz CT molecular complexity index is 518. The lowest BCUT2D eigenvalue weighted by Gasteiger charge is -2.32. The van der Waals surface area contributed by atoms with Gasteiger partial charge in [-0.05, 0) is 19.3 Å². The summed E-state index contributed by atoms with van der Waals surface area (Å²) in [6.45, 7) is 7.48. The van der Waals surface area contributed by atoms with Crippen molar-refractivity contribution in [2.45, 2.75) is 39.3 Å². The van der Waals surface area contributed by atoms with Crippen LogP contribution in [0.25, 0.3) is 0 Å². The van der Waals surface area contributed by atoms with Gasteiger partial charge in [0.05, 0.1) is 25.0 Å². The Morgan fingerprint density at radius 3 is 2.76 bits per heavy atom. The number of halogens is 1. The zero-order valence-corrected chi connectivity index (χ0v) is 13.9. The molecular weight excluding hydrogens is 292 g/mol. The molecule has 0 spiro atoms. The third-order valence-corrected chi connectivity index (χ3v) is 3.60. The van der Waals surface area contributed by atoms with Crippen LogP contribution in [0.4, 0.5) is 5.69 Å². The second-order valence-corrected chi connectivity index (χ2v) is 6.26. The quantitative estimate of drug-likeness (QED) is 0.763. The third-order valence-electron chi connectivity index (χ3n) is 3.24. The zero-order valence-electron chi connectivity index (χ0n) is 13.1. The molecule has 0 radical (unpaired) electrons. The fourth-order valence-corrected chi connectivity index (χ4v) is 2.49. The number of nitrogens with zero attached hydrogens (tertiary/aromatic N) is 2. The number of methoxy groups -OCH3 is 1. The fraction of sp³-hybridized carbons (Fsp3) is 0.714. The van der Waals surface area contributed by atoms with E-state index in [0.717, 1.165) is 6.42 Å². The van der Waals surface area contributed by atoms with Crippen LogP contribution < -0.4 is 16.6 Å². The molecule has 1 rings (SSSR count). The summed E-state index contributed by atoms with van der Waals surface area (Å²) < 4.78 is 6.23. The Morgan fingerprint density at radius 1 is 1.57 bits per heavy atom. The molecule has 0 saturated heterocycles. The second kappa shape index (κ2) is 7.77. The van der Waals surface area contributed by atoms with Crippen LogP contribution in [0.3, 0.4) is 0 Å². The molecule has 6 nitrogen and oxygen atoms in total. The lowest BCUT2D eigenvalue weighted by molar-refractivity contribution is 0.182. The fourth-order valence-electron chi connectivity index (χ4n) is 2.30. The van der Waals surface area contributed by atoms with E-state index < -0.39 is 0 Å². The zero-order chi connectivity index (χ0) is 16.0. The van der Waals surface area contributed by atoms with E-state index in [4.69, 9.17) is 22.1 Å². The molecular formula is C14H25ClN4O2. The SMILES string of the molecule is COCCn1ncc(NC(C)(CN)CC(C)C)c(Cl)c1=O. The van der Waals surface area contributed by atoms with E-state index in [1.165, 1.54) is 4.68 Å². The van der Waals surface area contributed by atoms with Crippen LogP contribution >= 0.6 is 11.6 Å². The van der Waals surface area contributed by atoms with Gasteiger partial charge >= 0.3 is 0 Å². The van der Waals surface area contributed by atoms with Gasteiger partial charge in [0, 0.05) is 19.2 Å². The highest BCUT2D eigenvalue weighted by molar-refractivity contribution is 6.32. The number of hydrogen-bond donors (Lipinski definition) is 2. The second-order valence-electron chi connectivity index (χ2n) is 5.88. The predicted octanol–water partition coefficient (Wildman–Crippen LogP) is 1.72. The standard InChI is InChI=1S/C14H25ClN4O2/c1-10(2)7-14(3,9-16)18-11-8-17-19(5-6-21-4)13(20)12(11)15/h8,10,18H,5-7,9,16H2,1-4H3. The summed E-state index contributed by atoms with van der Waals surface area (Å²) in [6.07, 6.45) is 2.43. The number of rotatable bonds is 8. The van der Waals surface area contributed by atoms with E-state index >= 15 is 0 Å². The van der Waals surface area contributed by atoms with Crippen molar-refractivity contribution in [2.24, 2.45) is 11.7 Å². The Kier molecular flexibility index (Phi) is 6.64. The van der Waals surface area contributed by atoms with Gasteiger partial charge in [-0.3, -0.25) is 4.79 Å². The topological polar surface area (TPSA) is 82.2 Å². The van der Waals surface area contributed by atoms with Crippen LogP contribution in [0.1, 0.15) is 27.2 Å². The molecule has 0 aromatic carbocycles. The molecule has 120 valence electrons. The average molecular weight is 317 g/mol. The van der Waals surface area contributed by atoms with Crippen molar-refractivity contribution >= 4 is 17.3 Å². The first-order valence-corrected chi connectivity index (χ1v) is 7.43. The molecule has 3 N–H and O–H groups in total. The number of nitrogens with one attached hydrogen (secondary N) is 1. The minimum absolute atomic E-state index is 0.129. The monoisotopic (exact) mass is 316 g/mol. The number of anilines is 1. The third kappa shape index (κ3) is 4.98. The maximum absolute atomic E-state index is 12.1. The van der Waals surface area contributed by atoms with Gasteiger partial charge in [-0.15, -0.1) is 0 Å². The van der Waals surface area contributed by atoms with Crippen LogP contribution in [0.15, 0.2) is 11.0 Å². The molecule has 7 heteroatoms. The number of hydrogen-bond acceptors (Lipinski definition) is 5. The summed E-state index contributed by atoms with van der Waals surface area (Å²) in [5.41, 5.74) is 5.72. The number of ether oxygens (including phenoxy) is 1. The van der Waals surface area contributed by atoms with Gasteiger partial charge in [-0.25, -0.2) is 4.68 Å². The summed E-state index contributed by atoms with van der Waals surface area (Å²) in [5, 5.41) is 7.50. The van der Waals surface area contributed by atoms with Crippen LogP contribution in [-0.2, 0) is 11.3 Å². The minimum Gasteiger partial charge on any atom is -0.383 e. The molecule has 1 aromatic rings. The summed E-state index contributed by atoms with van der Waals surface area (Å²) in [5.74, 6) is 0.472. The minimum atomic E-state index is -0.331. The first-order valence-electron chi connectivity index (χ1n) is 7.06. The summed E-state index contributed by atoms with van der Waals surface area (Å²) in [4.78, 5) is 12.1. The van der Waals surface area contributed by atoms with Crippen LogP contribution in [-0.4, -0.2) is 35.6 Å². The molecule has 0 saturated carbocycles. The molecule has 1 aromatic heterocycles. The lowest BCUT2D eigenvalue weighted by atomic mass is 9.90. The Hall–Kier alpha value is -1.11. The Balaban J connectivity index is 2.99. The molecule has 21 heavy (non-hydrogen) atoms. The highest BCUT2D eigenvalue weighted by Gasteiger charge is 2.25. The molecule has 0 bridgehead atoms. The van der Waals surface area contributed by atoms with E-state index in [1.807, 2.05) is 6.92 Å². The van der Waals surface area contributed by atoms with Crippen molar-refractivity contribution in [1.29, 1.82) is 0 Å². The highest BCUT2D eigenvalue weighted by atomic mass is 35.5. The van der Waals surface area contributed by atoms with E-state index in [9.17, 15) is 4.79 Å². The summed E-state index contributed by atoms with van der Waals surface area (Å²) >= 11 is 6.16. The molecule has 0 fully saturated rings. The predicted molar refractivity (Wildman–Crippen MR) is 85.9 cm³/mol. The molecule has 0 amide bonds. The molecule has 0 aliphatic carbocycles. The number of nitrogens with two attached hydrogens (primary N) is 1. The lowest BCUT2D eigenvalue weighted by Crippen LogP contribution is -2.44. The van der Waals surface area contributed by atoms with E-state index in [-0.39, 0.29) is 16.1 Å². The van der Waals surface area contributed by atoms with E-state index in [0.29, 0.717) is 31.3 Å². The highest BCUT2D eigenvalue weighted by Crippen LogP contribution is 2.24. The van der Waals surface area contributed by atoms with Gasteiger partial charge in [0.1, 0.15) is 5.02 Å². The number of aromatic nitrogens is 2. The van der Waals surface area contributed by atoms with Crippen LogP contribution in [0.5, 0.6) is 0 Å². The first-order chi connectivity index (χ1) is 9.83. The van der Waals surface area contributed by atoms with Crippen molar-refractivity contribution in [3.8, 4) is 0 Å².